The van der Waals surface area contributed by atoms with E-state index in [0.717, 1.165) is 12.5 Å². The van der Waals surface area contributed by atoms with Crippen LogP contribution in [0, 0.1) is 26.7 Å². The van der Waals surface area contributed by atoms with E-state index in [0.29, 0.717) is 0 Å². The molecule has 1 unspecified atom stereocenters. The van der Waals surface area contributed by atoms with Crippen molar-refractivity contribution in [1.82, 2.24) is 5.32 Å². The maximum absolute atomic E-state index is 3.65. The molecule has 2 rings (SSSR count). The van der Waals surface area contributed by atoms with Crippen LogP contribution in [0.5, 0.6) is 0 Å². The molecule has 0 radical (unpaired) electrons. The van der Waals surface area contributed by atoms with E-state index in [9.17, 15) is 0 Å². The van der Waals surface area contributed by atoms with Crippen molar-refractivity contribution in [2.75, 3.05) is 24.5 Å². The Kier molecular flexibility index (Phi) is 4.43. The summed E-state index contributed by atoms with van der Waals surface area (Å²) in [5.74, 6) is 0.773. The monoisotopic (exact) mass is 274 g/mol. The first-order valence-electron chi connectivity index (χ1n) is 7.84. The zero-order chi connectivity index (χ0) is 14.9. The summed E-state index contributed by atoms with van der Waals surface area (Å²) in [6.07, 6.45) is 1.30. The lowest BCUT2D eigenvalue weighted by atomic mass is 10.0. The molecule has 0 aromatic heterocycles. The smallest absolute Gasteiger partial charge is 0.0425 e. The lowest BCUT2D eigenvalue weighted by molar-refractivity contribution is 0.383. The fourth-order valence-corrected chi connectivity index (χ4v) is 3.32. The summed E-state index contributed by atoms with van der Waals surface area (Å²) in [5, 5.41) is 3.65. The number of hydrogen-bond acceptors (Lipinski definition) is 2. The van der Waals surface area contributed by atoms with E-state index in [4.69, 9.17) is 0 Å². The van der Waals surface area contributed by atoms with Crippen LogP contribution in [0.2, 0.25) is 0 Å². The van der Waals surface area contributed by atoms with Crippen molar-refractivity contribution in [3.63, 3.8) is 0 Å². The van der Waals surface area contributed by atoms with E-state index in [1.54, 1.807) is 0 Å². The van der Waals surface area contributed by atoms with Crippen LogP contribution >= 0.6 is 0 Å². The third-order valence-electron chi connectivity index (χ3n) is 4.16. The van der Waals surface area contributed by atoms with Crippen LogP contribution in [-0.4, -0.2) is 25.2 Å². The number of aryl methyl sites for hydroxylation is 3. The van der Waals surface area contributed by atoms with Gasteiger partial charge in [0.05, 0.1) is 0 Å². The first-order chi connectivity index (χ1) is 9.26. The Morgan fingerprint density at radius 2 is 1.75 bits per heavy atom. The van der Waals surface area contributed by atoms with Crippen molar-refractivity contribution in [1.29, 1.82) is 0 Å². The molecule has 1 saturated heterocycles. The van der Waals surface area contributed by atoms with Gasteiger partial charge in [-0.05, 0) is 65.0 Å². The molecule has 1 aliphatic heterocycles. The van der Waals surface area contributed by atoms with E-state index in [1.807, 2.05) is 0 Å². The van der Waals surface area contributed by atoms with Gasteiger partial charge in [-0.3, -0.25) is 0 Å². The van der Waals surface area contributed by atoms with Crippen molar-refractivity contribution in [2.45, 2.75) is 53.5 Å². The Balaban J connectivity index is 2.03. The summed E-state index contributed by atoms with van der Waals surface area (Å²) in [5.41, 5.74) is 5.91. The second-order valence-electron chi connectivity index (χ2n) is 7.48. The van der Waals surface area contributed by atoms with Crippen LogP contribution in [0.25, 0.3) is 0 Å². The van der Waals surface area contributed by atoms with Crippen LogP contribution in [0.15, 0.2) is 12.1 Å². The van der Waals surface area contributed by atoms with Crippen molar-refractivity contribution in [3.05, 3.63) is 28.8 Å². The Morgan fingerprint density at radius 3 is 2.30 bits per heavy atom. The maximum Gasteiger partial charge on any atom is 0.0425 e. The Morgan fingerprint density at radius 1 is 1.15 bits per heavy atom. The molecular weight excluding hydrogens is 244 g/mol. The number of nitrogens with one attached hydrogen (secondary N) is 1. The van der Waals surface area contributed by atoms with Gasteiger partial charge >= 0.3 is 0 Å². The summed E-state index contributed by atoms with van der Waals surface area (Å²) in [6, 6.07) is 4.62. The molecule has 1 heterocycles. The molecule has 1 aromatic rings. The van der Waals surface area contributed by atoms with E-state index < -0.39 is 0 Å². The van der Waals surface area contributed by atoms with Gasteiger partial charge < -0.3 is 10.2 Å². The second-order valence-corrected chi connectivity index (χ2v) is 7.48. The normalized spacial score (nSPS) is 19.7. The third kappa shape index (κ3) is 3.76. The van der Waals surface area contributed by atoms with Gasteiger partial charge in [-0.2, -0.15) is 0 Å². The second kappa shape index (κ2) is 5.77. The molecule has 2 nitrogen and oxygen atoms in total. The predicted octanol–water partition coefficient (Wildman–Crippen LogP) is 3.83. The Labute approximate surface area is 124 Å². The quantitative estimate of drug-likeness (QED) is 0.901. The lowest BCUT2D eigenvalue weighted by Crippen LogP contribution is -2.39. The van der Waals surface area contributed by atoms with Gasteiger partial charge in [0.1, 0.15) is 0 Å². The Hall–Kier alpha value is -1.02. The molecule has 1 aromatic carbocycles. The molecule has 2 heteroatoms. The van der Waals surface area contributed by atoms with Crippen LogP contribution in [0.1, 0.15) is 43.9 Å². The molecule has 0 amide bonds. The summed E-state index contributed by atoms with van der Waals surface area (Å²) in [4.78, 5) is 2.58. The fraction of sp³-hybridized carbons (Fsp3) is 0.667. The minimum absolute atomic E-state index is 0.225. The molecule has 1 fully saturated rings. The highest BCUT2D eigenvalue weighted by molar-refractivity contribution is 5.60. The van der Waals surface area contributed by atoms with Gasteiger partial charge in [-0.15, -0.1) is 0 Å². The molecule has 20 heavy (non-hydrogen) atoms. The summed E-state index contributed by atoms with van der Waals surface area (Å²) >= 11 is 0. The van der Waals surface area contributed by atoms with Crippen molar-refractivity contribution >= 4 is 5.69 Å². The minimum Gasteiger partial charge on any atom is -0.371 e. The highest BCUT2D eigenvalue weighted by atomic mass is 15.2. The van der Waals surface area contributed by atoms with Crippen LogP contribution in [0.3, 0.4) is 0 Å². The third-order valence-corrected chi connectivity index (χ3v) is 4.16. The summed E-state index contributed by atoms with van der Waals surface area (Å²) in [7, 11) is 0. The predicted molar refractivity (Wildman–Crippen MR) is 88.7 cm³/mol. The lowest BCUT2D eigenvalue weighted by Gasteiger charge is -2.25. The van der Waals surface area contributed by atoms with E-state index >= 15 is 0 Å². The average molecular weight is 274 g/mol. The number of nitrogens with zero attached hydrogens (tertiary/aromatic N) is 1. The van der Waals surface area contributed by atoms with Gasteiger partial charge in [0, 0.05) is 30.9 Å². The number of hydrogen-bond donors (Lipinski definition) is 1. The first kappa shape index (κ1) is 15.4. The molecule has 1 aliphatic rings. The fourth-order valence-electron chi connectivity index (χ4n) is 3.32. The topological polar surface area (TPSA) is 15.3 Å². The van der Waals surface area contributed by atoms with Gasteiger partial charge in [0.15, 0.2) is 0 Å². The maximum atomic E-state index is 3.65. The van der Waals surface area contributed by atoms with E-state index in [-0.39, 0.29) is 5.54 Å². The Bertz CT molecular complexity index is 448. The van der Waals surface area contributed by atoms with Gasteiger partial charge in [-0.25, -0.2) is 0 Å². The zero-order valence-electron chi connectivity index (χ0n) is 14.0. The molecule has 112 valence electrons. The van der Waals surface area contributed by atoms with Crippen molar-refractivity contribution < 1.29 is 0 Å². The zero-order valence-corrected chi connectivity index (χ0v) is 14.0. The number of benzene rings is 1. The summed E-state index contributed by atoms with van der Waals surface area (Å²) < 4.78 is 0. The van der Waals surface area contributed by atoms with Crippen LogP contribution in [0.4, 0.5) is 5.69 Å². The van der Waals surface area contributed by atoms with Gasteiger partial charge in [0.25, 0.3) is 0 Å². The SMILES string of the molecule is Cc1cc(C)c(N2CCC(CNC(C)(C)C)C2)c(C)c1. The average Bonchev–Trinajstić information content (AvgIpc) is 2.72. The molecule has 0 bridgehead atoms. The van der Waals surface area contributed by atoms with Crippen molar-refractivity contribution in [2.24, 2.45) is 5.92 Å². The van der Waals surface area contributed by atoms with Gasteiger partial charge in [-0.1, -0.05) is 17.7 Å². The number of anilines is 1. The van der Waals surface area contributed by atoms with Crippen LogP contribution < -0.4 is 10.2 Å². The molecule has 1 N–H and O–H groups in total. The first-order valence-corrected chi connectivity index (χ1v) is 7.84. The van der Waals surface area contributed by atoms with Crippen molar-refractivity contribution in [3.8, 4) is 0 Å². The molecule has 0 aliphatic carbocycles. The highest BCUT2D eigenvalue weighted by Crippen LogP contribution is 2.30. The van der Waals surface area contributed by atoms with Crippen LogP contribution in [-0.2, 0) is 0 Å². The molecule has 1 atom stereocenters. The largest absolute Gasteiger partial charge is 0.371 e. The molecular formula is C18H30N2. The van der Waals surface area contributed by atoms with Gasteiger partial charge in [0.2, 0.25) is 0 Å². The molecule has 0 spiro atoms. The summed E-state index contributed by atoms with van der Waals surface area (Å²) in [6.45, 7) is 16.9. The highest BCUT2D eigenvalue weighted by Gasteiger charge is 2.25. The number of rotatable bonds is 3. The minimum atomic E-state index is 0.225. The van der Waals surface area contributed by atoms with E-state index in [2.05, 4.69) is 63.9 Å². The standard InChI is InChI=1S/C18H30N2/c1-13-9-14(2)17(15(3)10-13)20-8-7-16(12-20)11-19-18(4,5)6/h9-10,16,19H,7-8,11-12H2,1-6H3. The molecule has 0 saturated carbocycles. The van der Waals surface area contributed by atoms with E-state index in [1.165, 1.54) is 41.9 Å².